The molecular formula is C19H25N3O2. The van der Waals surface area contributed by atoms with Crippen LogP contribution in [0.3, 0.4) is 0 Å². The van der Waals surface area contributed by atoms with Crippen molar-refractivity contribution in [1.29, 1.82) is 0 Å². The number of nitrogens with one attached hydrogen (secondary N) is 1. The summed E-state index contributed by atoms with van der Waals surface area (Å²) in [7, 11) is 0. The molecule has 1 amide bonds. The van der Waals surface area contributed by atoms with Crippen molar-refractivity contribution < 1.29 is 9.53 Å². The molecule has 2 heterocycles. The van der Waals surface area contributed by atoms with Crippen molar-refractivity contribution >= 4 is 5.91 Å². The number of hydrogen-bond donors (Lipinski definition) is 1. The van der Waals surface area contributed by atoms with Gasteiger partial charge in [0.25, 0.3) is 5.91 Å². The molecule has 2 aromatic rings. The molecular weight excluding hydrogens is 302 g/mol. The van der Waals surface area contributed by atoms with Gasteiger partial charge in [0.1, 0.15) is 5.75 Å². The van der Waals surface area contributed by atoms with Crippen LogP contribution in [0.2, 0.25) is 0 Å². The Morgan fingerprint density at radius 3 is 2.83 bits per heavy atom. The first kappa shape index (κ1) is 16.6. The van der Waals surface area contributed by atoms with Crippen molar-refractivity contribution in [3.8, 4) is 5.75 Å². The number of carbonyl (C=O) groups excluding carboxylic acids is 1. The van der Waals surface area contributed by atoms with Crippen LogP contribution in [0.5, 0.6) is 5.75 Å². The first-order valence-corrected chi connectivity index (χ1v) is 8.58. The number of aromatic nitrogens is 2. The number of H-pyrrole nitrogens is 1. The smallest absolute Gasteiger partial charge is 0.254 e. The normalized spacial score (nSPS) is 17.3. The lowest BCUT2D eigenvalue weighted by molar-refractivity contribution is 0.0734. The Balaban J connectivity index is 1.90. The van der Waals surface area contributed by atoms with Crippen molar-refractivity contribution in [2.75, 3.05) is 13.2 Å². The average molecular weight is 327 g/mol. The van der Waals surface area contributed by atoms with Crippen molar-refractivity contribution in [2.45, 2.75) is 46.6 Å². The van der Waals surface area contributed by atoms with Gasteiger partial charge in [0.05, 0.1) is 18.3 Å². The number of benzene rings is 1. The fourth-order valence-corrected chi connectivity index (χ4v) is 3.57. The lowest BCUT2D eigenvalue weighted by Gasteiger charge is -2.25. The fourth-order valence-electron chi connectivity index (χ4n) is 3.57. The highest BCUT2D eigenvalue weighted by molar-refractivity contribution is 5.95. The van der Waals surface area contributed by atoms with Crippen LogP contribution in [-0.4, -0.2) is 34.2 Å². The minimum absolute atomic E-state index is 0.0680. The van der Waals surface area contributed by atoms with E-state index in [1.165, 1.54) is 0 Å². The molecule has 0 radical (unpaired) electrons. The lowest BCUT2D eigenvalue weighted by atomic mass is 10.0. The monoisotopic (exact) mass is 327 g/mol. The molecule has 1 aliphatic rings. The Labute approximate surface area is 143 Å². The first-order chi connectivity index (χ1) is 11.5. The van der Waals surface area contributed by atoms with Gasteiger partial charge in [0, 0.05) is 23.4 Å². The van der Waals surface area contributed by atoms with Crippen LogP contribution in [-0.2, 0) is 0 Å². The van der Waals surface area contributed by atoms with Crippen LogP contribution in [0.25, 0.3) is 0 Å². The molecule has 24 heavy (non-hydrogen) atoms. The Morgan fingerprint density at radius 2 is 2.17 bits per heavy atom. The molecule has 0 aliphatic carbocycles. The Bertz CT molecular complexity index is 732. The van der Waals surface area contributed by atoms with Gasteiger partial charge < -0.3 is 9.64 Å². The van der Waals surface area contributed by atoms with Gasteiger partial charge >= 0.3 is 0 Å². The molecule has 5 nitrogen and oxygen atoms in total. The molecule has 0 bridgehead atoms. The number of rotatable bonds is 4. The zero-order valence-corrected chi connectivity index (χ0v) is 14.8. The molecule has 1 aliphatic heterocycles. The highest BCUT2D eigenvalue weighted by Crippen LogP contribution is 2.36. The van der Waals surface area contributed by atoms with Gasteiger partial charge in [-0.2, -0.15) is 5.10 Å². The number of nitrogens with zero attached hydrogens (tertiary/aromatic N) is 2. The second-order valence-electron chi connectivity index (χ2n) is 6.42. The van der Waals surface area contributed by atoms with Crippen LogP contribution in [0, 0.1) is 20.8 Å². The van der Waals surface area contributed by atoms with Gasteiger partial charge in [0.15, 0.2) is 0 Å². The highest BCUT2D eigenvalue weighted by Gasteiger charge is 2.33. The summed E-state index contributed by atoms with van der Waals surface area (Å²) in [4.78, 5) is 15.1. The molecule has 1 aromatic heterocycles. The van der Waals surface area contributed by atoms with E-state index in [2.05, 4.69) is 10.2 Å². The summed E-state index contributed by atoms with van der Waals surface area (Å²) < 4.78 is 5.64. The number of aromatic amines is 1. The summed E-state index contributed by atoms with van der Waals surface area (Å²) in [6.07, 6.45) is 2.00. The fraction of sp³-hybridized carbons (Fsp3) is 0.474. The van der Waals surface area contributed by atoms with Crippen LogP contribution >= 0.6 is 0 Å². The summed E-state index contributed by atoms with van der Waals surface area (Å²) >= 11 is 0. The standard InChI is InChI=1S/C19H25N3O2/c1-5-24-17-11-15(9-8-12(17)2)19(23)22-10-6-7-16(22)18-13(3)20-21-14(18)4/h8-9,11,16H,5-7,10H2,1-4H3,(H,20,21). The van der Waals surface area contributed by atoms with E-state index in [9.17, 15) is 4.79 Å². The highest BCUT2D eigenvalue weighted by atomic mass is 16.5. The zero-order chi connectivity index (χ0) is 17.3. The summed E-state index contributed by atoms with van der Waals surface area (Å²) in [5.41, 5.74) is 4.94. The zero-order valence-electron chi connectivity index (χ0n) is 14.8. The van der Waals surface area contributed by atoms with Crippen LogP contribution in [0.1, 0.15) is 58.7 Å². The van der Waals surface area contributed by atoms with E-state index in [1.807, 2.05) is 50.8 Å². The van der Waals surface area contributed by atoms with Crippen molar-refractivity contribution in [1.82, 2.24) is 15.1 Å². The van der Waals surface area contributed by atoms with E-state index in [-0.39, 0.29) is 11.9 Å². The number of ether oxygens (including phenoxy) is 1. The molecule has 1 N–H and O–H groups in total. The van der Waals surface area contributed by atoms with E-state index in [1.54, 1.807) is 0 Å². The SMILES string of the molecule is CCOc1cc(C(=O)N2CCCC2c2c(C)n[nH]c2C)ccc1C. The summed E-state index contributed by atoms with van der Waals surface area (Å²) in [5.74, 6) is 0.855. The number of aryl methyl sites for hydroxylation is 3. The van der Waals surface area contributed by atoms with Crippen molar-refractivity contribution in [3.63, 3.8) is 0 Å². The molecule has 3 rings (SSSR count). The van der Waals surface area contributed by atoms with Gasteiger partial charge in [-0.3, -0.25) is 9.89 Å². The van der Waals surface area contributed by atoms with E-state index in [0.717, 1.165) is 47.7 Å². The molecule has 1 saturated heterocycles. The summed E-state index contributed by atoms with van der Waals surface area (Å²) in [6.45, 7) is 9.35. The van der Waals surface area contributed by atoms with Crippen LogP contribution in [0.4, 0.5) is 0 Å². The number of carbonyl (C=O) groups is 1. The Hall–Kier alpha value is -2.30. The Morgan fingerprint density at radius 1 is 1.38 bits per heavy atom. The van der Waals surface area contributed by atoms with Gasteiger partial charge in [-0.15, -0.1) is 0 Å². The second kappa shape index (κ2) is 6.67. The third-order valence-corrected chi connectivity index (χ3v) is 4.77. The van der Waals surface area contributed by atoms with Crippen LogP contribution in [0.15, 0.2) is 18.2 Å². The van der Waals surface area contributed by atoms with E-state index in [4.69, 9.17) is 4.74 Å². The molecule has 0 saturated carbocycles. The maximum Gasteiger partial charge on any atom is 0.254 e. The maximum absolute atomic E-state index is 13.1. The van der Waals surface area contributed by atoms with E-state index < -0.39 is 0 Å². The molecule has 1 fully saturated rings. The minimum Gasteiger partial charge on any atom is -0.494 e. The minimum atomic E-state index is 0.0680. The van der Waals surface area contributed by atoms with Crippen molar-refractivity contribution in [3.05, 3.63) is 46.3 Å². The first-order valence-electron chi connectivity index (χ1n) is 8.58. The molecule has 1 unspecified atom stereocenters. The quantitative estimate of drug-likeness (QED) is 0.931. The van der Waals surface area contributed by atoms with Gasteiger partial charge in [-0.1, -0.05) is 6.07 Å². The third-order valence-electron chi connectivity index (χ3n) is 4.77. The lowest BCUT2D eigenvalue weighted by Crippen LogP contribution is -2.31. The predicted octanol–water partition coefficient (Wildman–Crippen LogP) is 3.71. The third kappa shape index (κ3) is 2.90. The molecule has 0 spiro atoms. The van der Waals surface area contributed by atoms with Gasteiger partial charge in [0.2, 0.25) is 0 Å². The molecule has 1 atom stereocenters. The molecule has 1 aromatic carbocycles. The topological polar surface area (TPSA) is 58.2 Å². The van der Waals surface area contributed by atoms with Gasteiger partial charge in [-0.25, -0.2) is 0 Å². The predicted molar refractivity (Wildman–Crippen MR) is 93.4 cm³/mol. The van der Waals surface area contributed by atoms with Crippen LogP contribution < -0.4 is 4.74 Å². The number of hydrogen-bond acceptors (Lipinski definition) is 3. The average Bonchev–Trinajstić information content (AvgIpc) is 3.15. The Kier molecular flexibility index (Phi) is 4.60. The van der Waals surface area contributed by atoms with E-state index >= 15 is 0 Å². The number of likely N-dealkylation sites (tertiary alicyclic amines) is 1. The largest absolute Gasteiger partial charge is 0.494 e. The number of amides is 1. The summed E-state index contributed by atoms with van der Waals surface area (Å²) in [5, 5.41) is 7.33. The van der Waals surface area contributed by atoms with Crippen molar-refractivity contribution in [2.24, 2.45) is 0 Å². The maximum atomic E-state index is 13.1. The molecule has 128 valence electrons. The van der Waals surface area contributed by atoms with E-state index in [0.29, 0.717) is 12.2 Å². The van der Waals surface area contributed by atoms with Gasteiger partial charge in [-0.05, 0) is 58.2 Å². The molecule has 5 heteroatoms. The summed E-state index contributed by atoms with van der Waals surface area (Å²) in [6, 6.07) is 5.82. The second-order valence-corrected chi connectivity index (χ2v) is 6.42.